The Labute approximate surface area is 101 Å². The van der Waals surface area contributed by atoms with Crippen LogP contribution in [-0.2, 0) is 4.79 Å². The number of furan rings is 2. The number of phenolic OH excluding ortho intramolecular Hbond substituents is 1. The smallest absolute Gasteiger partial charge is 0.310 e. The highest BCUT2D eigenvalue weighted by molar-refractivity contribution is 6.06. The number of rotatable bonds is 2. The van der Waals surface area contributed by atoms with E-state index in [1.165, 1.54) is 12.5 Å². The van der Waals surface area contributed by atoms with Gasteiger partial charge in [0, 0.05) is 10.9 Å². The van der Waals surface area contributed by atoms with Crippen LogP contribution in [0.3, 0.4) is 0 Å². The molecule has 0 aliphatic rings. The first-order chi connectivity index (χ1) is 8.61. The minimum atomic E-state index is -0.958. The summed E-state index contributed by atoms with van der Waals surface area (Å²) in [7, 11) is 0. The quantitative estimate of drug-likeness (QED) is 0.725. The summed E-state index contributed by atoms with van der Waals surface area (Å²) < 4.78 is 10.5. The molecule has 2 aromatic heterocycles. The highest BCUT2D eigenvalue weighted by Crippen LogP contribution is 2.41. The van der Waals surface area contributed by atoms with Crippen molar-refractivity contribution >= 4 is 27.9 Å². The average Bonchev–Trinajstić information content (AvgIpc) is 2.96. The molecule has 2 N–H and O–H groups in total. The predicted molar refractivity (Wildman–Crippen MR) is 63.7 cm³/mol. The molecule has 0 spiro atoms. The number of hydrogen-bond acceptors (Lipinski definition) is 4. The molecule has 3 rings (SSSR count). The summed E-state index contributed by atoms with van der Waals surface area (Å²) in [5.74, 6) is -1.74. The molecule has 1 unspecified atom stereocenters. The van der Waals surface area contributed by atoms with E-state index in [1.54, 1.807) is 19.1 Å². The van der Waals surface area contributed by atoms with Crippen LogP contribution in [0.1, 0.15) is 18.4 Å². The molecule has 3 aromatic rings. The Bertz CT molecular complexity index is 698. The molecule has 0 aliphatic carbocycles. The topological polar surface area (TPSA) is 83.8 Å². The van der Waals surface area contributed by atoms with Gasteiger partial charge in [-0.2, -0.15) is 0 Å². The molecular formula is C13H10O5. The zero-order valence-electron chi connectivity index (χ0n) is 9.51. The van der Waals surface area contributed by atoms with Crippen molar-refractivity contribution in [1.82, 2.24) is 0 Å². The Morgan fingerprint density at radius 2 is 1.78 bits per heavy atom. The van der Waals surface area contributed by atoms with E-state index in [4.69, 9.17) is 13.9 Å². The highest BCUT2D eigenvalue weighted by atomic mass is 16.4. The lowest BCUT2D eigenvalue weighted by molar-refractivity contribution is -0.138. The molecule has 0 saturated carbocycles. The van der Waals surface area contributed by atoms with Crippen molar-refractivity contribution in [2.24, 2.45) is 0 Å². The second-order valence-corrected chi connectivity index (χ2v) is 4.15. The number of aliphatic carboxylic acids is 1. The summed E-state index contributed by atoms with van der Waals surface area (Å²) in [5, 5.41) is 20.2. The standard InChI is InChI=1S/C13H10O5/c1-6(13(15)16)9-7-2-4-18-12(7)10(14)8-3-5-17-11(8)9/h2-6,14H,1H3,(H,15,16). The van der Waals surface area contributed by atoms with E-state index in [-0.39, 0.29) is 11.3 Å². The third-order valence-corrected chi connectivity index (χ3v) is 3.14. The fourth-order valence-corrected chi connectivity index (χ4v) is 2.21. The number of hydrogen-bond donors (Lipinski definition) is 2. The van der Waals surface area contributed by atoms with Gasteiger partial charge in [0.25, 0.3) is 0 Å². The van der Waals surface area contributed by atoms with Gasteiger partial charge in [-0.05, 0) is 19.1 Å². The lowest BCUT2D eigenvalue weighted by Crippen LogP contribution is -2.08. The van der Waals surface area contributed by atoms with E-state index in [2.05, 4.69) is 0 Å². The van der Waals surface area contributed by atoms with Gasteiger partial charge in [-0.25, -0.2) is 0 Å². The summed E-state index contributed by atoms with van der Waals surface area (Å²) in [6.45, 7) is 1.57. The van der Waals surface area contributed by atoms with Crippen LogP contribution in [0.4, 0.5) is 0 Å². The highest BCUT2D eigenvalue weighted by Gasteiger charge is 2.25. The van der Waals surface area contributed by atoms with Crippen molar-refractivity contribution in [1.29, 1.82) is 0 Å². The molecule has 0 amide bonds. The summed E-state index contributed by atoms with van der Waals surface area (Å²) >= 11 is 0. The van der Waals surface area contributed by atoms with Crippen LogP contribution in [0.2, 0.25) is 0 Å². The van der Waals surface area contributed by atoms with Crippen LogP contribution in [0.5, 0.6) is 5.75 Å². The number of carboxylic acid groups (broad SMARTS) is 1. The normalized spacial score (nSPS) is 13.2. The third kappa shape index (κ3) is 1.24. The van der Waals surface area contributed by atoms with Crippen LogP contribution in [0.25, 0.3) is 21.9 Å². The third-order valence-electron chi connectivity index (χ3n) is 3.14. The van der Waals surface area contributed by atoms with E-state index >= 15 is 0 Å². The van der Waals surface area contributed by atoms with E-state index < -0.39 is 11.9 Å². The van der Waals surface area contributed by atoms with Gasteiger partial charge in [0.15, 0.2) is 11.3 Å². The van der Waals surface area contributed by atoms with Crippen molar-refractivity contribution in [2.75, 3.05) is 0 Å². The monoisotopic (exact) mass is 246 g/mol. The van der Waals surface area contributed by atoms with Crippen molar-refractivity contribution in [3.63, 3.8) is 0 Å². The van der Waals surface area contributed by atoms with Gasteiger partial charge in [0.1, 0.15) is 5.58 Å². The Morgan fingerprint density at radius 3 is 2.44 bits per heavy atom. The molecule has 0 fully saturated rings. The second-order valence-electron chi connectivity index (χ2n) is 4.15. The molecule has 5 nitrogen and oxygen atoms in total. The first-order valence-corrected chi connectivity index (χ1v) is 5.43. The summed E-state index contributed by atoms with van der Waals surface area (Å²) in [4.78, 5) is 11.2. The molecule has 1 aromatic carbocycles. The fourth-order valence-electron chi connectivity index (χ4n) is 2.21. The maximum atomic E-state index is 11.2. The van der Waals surface area contributed by atoms with Crippen LogP contribution < -0.4 is 0 Å². The summed E-state index contributed by atoms with van der Waals surface area (Å²) in [6, 6.07) is 3.22. The minimum absolute atomic E-state index is 0.0277. The largest absolute Gasteiger partial charge is 0.504 e. The molecule has 92 valence electrons. The molecule has 0 bridgehead atoms. The summed E-state index contributed by atoms with van der Waals surface area (Å²) in [6.07, 6.45) is 2.84. The molecule has 0 aliphatic heterocycles. The molecular weight excluding hydrogens is 236 g/mol. The molecule has 1 atom stereocenters. The van der Waals surface area contributed by atoms with E-state index in [0.717, 1.165) is 0 Å². The van der Waals surface area contributed by atoms with E-state index in [1.807, 2.05) is 0 Å². The van der Waals surface area contributed by atoms with Gasteiger partial charge in [-0.1, -0.05) is 0 Å². The van der Waals surface area contributed by atoms with Crippen LogP contribution in [0, 0.1) is 0 Å². The average molecular weight is 246 g/mol. The molecule has 0 saturated heterocycles. The number of aromatic hydroxyl groups is 1. The first kappa shape index (κ1) is 10.7. The van der Waals surface area contributed by atoms with Crippen LogP contribution >= 0.6 is 0 Å². The lowest BCUT2D eigenvalue weighted by atomic mass is 9.95. The second kappa shape index (κ2) is 3.53. The maximum Gasteiger partial charge on any atom is 0.310 e. The Kier molecular flexibility index (Phi) is 2.10. The Morgan fingerprint density at radius 1 is 1.17 bits per heavy atom. The maximum absolute atomic E-state index is 11.2. The molecule has 18 heavy (non-hydrogen) atoms. The fraction of sp³-hybridized carbons (Fsp3) is 0.154. The lowest BCUT2D eigenvalue weighted by Gasteiger charge is -2.09. The Hall–Kier alpha value is -2.43. The van der Waals surface area contributed by atoms with Gasteiger partial charge in [-0.15, -0.1) is 0 Å². The van der Waals surface area contributed by atoms with Gasteiger partial charge in [-0.3, -0.25) is 4.79 Å². The number of benzene rings is 1. The van der Waals surface area contributed by atoms with Crippen molar-refractivity contribution in [2.45, 2.75) is 12.8 Å². The number of fused-ring (bicyclic) bond motifs is 2. The first-order valence-electron chi connectivity index (χ1n) is 5.43. The van der Waals surface area contributed by atoms with E-state index in [0.29, 0.717) is 21.9 Å². The van der Waals surface area contributed by atoms with Crippen LogP contribution in [0.15, 0.2) is 33.5 Å². The van der Waals surface area contributed by atoms with Gasteiger partial charge < -0.3 is 19.0 Å². The predicted octanol–water partition coefficient (Wildman–Crippen LogP) is 3.07. The minimum Gasteiger partial charge on any atom is -0.504 e. The van der Waals surface area contributed by atoms with Crippen LogP contribution in [-0.4, -0.2) is 16.2 Å². The summed E-state index contributed by atoms with van der Waals surface area (Å²) in [5.41, 5.74) is 1.19. The van der Waals surface area contributed by atoms with Gasteiger partial charge >= 0.3 is 5.97 Å². The SMILES string of the molecule is CC(C(=O)O)c1c2ccoc2c(O)c2ccoc12. The molecule has 0 radical (unpaired) electrons. The molecule has 2 heterocycles. The molecule has 5 heteroatoms. The van der Waals surface area contributed by atoms with E-state index in [9.17, 15) is 9.90 Å². The zero-order chi connectivity index (χ0) is 12.9. The number of carbonyl (C=O) groups is 1. The Balaban J connectivity index is 2.51. The number of carboxylic acids is 1. The number of phenols is 1. The van der Waals surface area contributed by atoms with Gasteiger partial charge in [0.05, 0.1) is 23.8 Å². The van der Waals surface area contributed by atoms with Crippen molar-refractivity contribution in [3.8, 4) is 5.75 Å². The van der Waals surface area contributed by atoms with Gasteiger partial charge in [0.2, 0.25) is 0 Å². The van der Waals surface area contributed by atoms with Crippen molar-refractivity contribution < 1.29 is 23.8 Å². The van der Waals surface area contributed by atoms with Crippen molar-refractivity contribution in [3.05, 3.63) is 30.2 Å². The zero-order valence-corrected chi connectivity index (χ0v) is 9.51.